The maximum Gasteiger partial charge on any atom is 0.322 e. The fourth-order valence-corrected chi connectivity index (χ4v) is 3.37. The molecule has 2 aromatic rings. The van der Waals surface area contributed by atoms with E-state index in [0.717, 1.165) is 30.4 Å². The quantitative estimate of drug-likeness (QED) is 0.896. The van der Waals surface area contributed by atoms with Crippen molar-refractivity contribution in [2.45, 2.75) is 25.9 Å². The Kier molecular flexibility index (Phi) is 5.15. The SMILES string of the molecule is Cc1ccc(NC(=O)N2CCO[C@@H](c3ccnc(N4CCCC4)n3)C2)cn1. The molecule has 4 heterocycles. The van der Waals surface area contributed by atoms with Gasteiger partial charge in [-0.2, -0.15) is 0 Å². The molecule has 0 unspecified atom stereocenters. The Morgan fingerprint density at radius 1 is 1.19 bits per heavy atom. The van der Waals surface area contributed by atoms with Crippen LogP contribution in [-0.2, 0) is 4.74 Å². The topological polar surface area (TPSA) is 83.5 Å². The Bertz CT molecular complexity index is 791. The first kappa shape index (κ1) is 17.7. The molecule has 142 valence electrons. The predicted octanol–water partition coefficient (Wildman–Crippen LogP) is 2.39. The number of ether oxygens (including phenoxy) is 1. The van der Waals surface area contributed by atoms with Gasteiger partial charge in [0.25, 0.3) is 0 Å². The van der Waals surface area contributed by atoms with Crippen molar-refractivity contribution in [2.75, 3.05) is 43.0 Å². The first-order valence-corrected chi connectivity index (χ1v) is 9.37. The second-order valence-corrected chi connectivity index (χ2v) is 6.90. The van der Waals surface area contributed by atoms with Crippen molar-refractivity contribution >= 4 is 17.7 Å². The molecule has 2 aliphatic rings. The number of hydrogen-bond acceptors (Lipinski definition) is 6. The van der Waals surface area contributed by atoms with Gasteiger partial charge in [-0.05, 0) is 38.0 Å². The summed E-state index contributed by atoms with van der Waals surface area (Å²) in [7, 11) is 0. The number of aryl methyl sites for hydroxylation is 1. The summed E-state index contributed by atoms with van der Waals surface area (Å²) in [6.45, 7) is 5.39. The van der Waals surface area contributed by atoms with Crippen LogP contribution in [0.15, 0.2) is 30.6 Å². The zero-order valence-corrected chi connectivity index (χ0v) is 15.5. The lowest BCUT2D eigenvalue weighted by atomic mass is 10.2. The second kappa shape index (κ2) is 7.87. The van der Waals surface area contributed by atoms with Crippen LogP contribution in [0.1, 0.15) is 30.3 Å². The average molecular weight is 368 g/mol. The van der Waals surface area contributed by atoms with Crippen molar-refractivity contribution in [1.82, 2.24) is 19.9 Å². The van der Waals surface area contributed by atoms with E-state index in [2.05, 4.69) is 25.2 Å². The summed E-state index contributed by atoms with van der Waals surface area (Å²) in [5.41, 5.74) is 2.42. The maximum atomic E-state index is 12.6. The molecule has 1 N–H and O–H groups in total. The lowest BCUT2D eigenvalue weighted by molar-refractivity contribution is -0.0157. The van der Waals surface area contributed by atoms with Gasteiger partial charge in [0.1, 0.15) is 6.10 Å². The Balaban J connectivity index is 1.42. The smallest absolute Gasteiger partial charge is 0.322 e. The van der Waals surface area contributed by atoms with Gasteiger partial charge in [-0.3, -0.25) is 4.98 Å². The minimum atomic E-state index is -0.245. The van der Waals surface area contributed by atoms with E-state index < -0.39 is 0 Å². The van der Waals surface area contributed by atoms with Crippen molar-refractivity contribution in [3.8, 4) is 0 Å². The molecular weight excluding hydrogens is 344 g/mol. The van der Waals surface area contributed by atoms with Gasteiger partial charge in [0.15, 0.2) is 0 Å². The lowest BCUT2D eigenvalue weighted by Gasteiger charge is -2.32. The van der Waals surface area contributed by atoms with Gasteiger partial charge >= 0.3 is 6.03 Å². The molecule has 2 fully saturated rings. The second-order valence-electron chi connectivity index (χ2n) is 6.90. The number of carbonyl (C=O) groups is 1. The van der Waals surface area contributed by atoms with E-state index in [1.165, 1.54) is 12.8 Å². The molecule has 0 saturated carbocycles. The summed E-state index contributed by atoms with van der Waals surface area (Å²) in [5, 5.41) is 2.89. The van der Waals surface area contributed by atoms with E-state index in [9.17, 15) is 4.79 Å². The number of pyridine rings is 1. The van der Waals surface area contributed by atoms with Crippen molar-refractivity contribution in [3.63, 3.8) is 0 Å². The van der Waals surface area contributed by atoms with Gasteiger partial charge in [-0.25, -0.2) is 14.8 Å². The molecule has 0 bridgehead atoms. The van der Waals surface area contributed by atoms with E-state index in [1.807, 2.05) is 25.1 Å². The first-order valence-electron chi connectivity index (χ1n) is 9.37. The molecule has 27 heavy (non-hydrogen) atoms. The van der Waals surface area contributed by atoms with Crippen molar-refractivity contribution in [1.29, 1.82) is 0 Å². The summed E-state index contributed by atoms with van der Waals surface area (Å²) < 4.78 is 5.89. The van der Waals surface area contributed by atoms with E-state index in [1.54, 1.807) is 17.3 Å². The third-order valence-corrected chi connectivity index (χ3v) is 4.90. The van der Waals surface area contributed by atoms with Crippen LogP contribution in [0.5, 0.6) is 0 Å². The van der Waals surface area contributed by atoms with E-state index in [-0.39, 0.29) is 12.1 Å². The van der Waals surface area contributed by atoms with E-state index in [0.29, 0.717) is 25.4 Å². The molecular formula is C19H24N6O2. The van der Waals surface area contributed by atoms with Crippen LogP contribution in [0.3, 0.4) is 0 Å². The largest absolute Gasteiger partial charge is 0.368 e. The highest BCUT2D eigenvalue weighted by molar-refractivity contribution is 5.89. The van der Waals surface area contributed by atoms with Crippen LogP contribution in [0.4, 0.5) is 16.4 Å². The number of aromatic nitrogens is 3. The molecule has 0 spiro atoms. The van der Waals surface area contributed by atoms with E-state index >= 15 is 0 Å². The predicted molar refractivity (Wildman–Crippen MR) is 102 cm³/mol. The number of anilines is 2. The normalized spacial score (nSPS) is 20.0. The van der Waals surface area contributed by atoms with Gasteiger partial charge in [0.2, 0.25) is 5.95 Å². The molecule has 4 rings (SSSR count). The third kappa shape index (κ3) is 4.16. The van der Waals surface area contributed by atoms with Crippen molar-refractivity contribution < 1.29 is 9.53 Å². The molecule has 2 aliphatic heterocycles. The maximum absolute atomic E-state index is 12.6. The molecule has 0 radical (unpaired) electrons. The number of rotatable bonds is 3. The number of carbonyl (C=O) groups excluding carboxylic acids is 1. The Morgan fingerprint density at radius 2 is 2.04 bits per heavy atom. The molecule has 1 atom stereocenters. The molecule has 8 nitrogen and oxygen atoms in total. The third-order valence-electron chi connectivity index (χ3n) is 4.90. The van der Waals surface area contributed by atoms with Crippen LogP contribution in [0, 0.1) is 6.92 Å². The highest BCUT2D eigenvalue weighted by atomic mass is 16.5. The number of amides is 2. The Labute approximate surface area is 158 Å². The van der Waals surface area contributed by atoms with Gasteiger partial charge in [-0.1, -0.05) is 0 Å². The molecule has 0 aliphatic carbocycles. The minimum Gasteiger partial charge on any atom is -0.368 e. The lowest BCUT2D eigenvalue weighted by Crippen LogP contribution is -2.44. The zero-order chi connectivity index (χ0) is 18.6. The van der Waals surface area contributed by atoms with Crippen LogP contribution >= 0.6 is 0 Å². The fourth-order valence-electron chi connectivity index (χ4n) is 3.37. The molecule has 2 aromatic heterocycles. The number of hydrogen-bond donors (Lipinski definition) is 1. The minimum absolute atomic E-state index is 0.150. The number of nitrogens with zero attached hydrogens (tertiary/aromatic N) is 5. The van der Waals surface area contributed by atoms with Crippen LogP contribution < -0.4 is 10.2 Å². The Morgan fingerprint density at radius 3 is 2.81 bits per heavy atom. The highest BCUT2D eigenvalue weighted by Gasteiger charge is 2.27. The van der Waals surface area contributed by atoms with Crippen molar-refractivity contribution in [2.24, 2.45) is 0 Å². The summed E-state index contributed by atoms with van der Waals surface area (Å²) in [4.78, 5) is 29.8. The summed E-state index contributed by atoms with van der Waals surface area (Å²) >= 11 is 0. The van der Waals surface area contributed by atoms with Gasteiger partial charge in [0, 0.05) is 31.5 Å². The number of nitrogens with one attached hydrogen (secondary N) is 1. The van der Waals surface area contributed by atoms with Gasteiger partial charge in [-0.15, -0.1) is 0 Å². The molecule has 2 amide bonds. The van der Waals surface area contributed by atoms with E-state index in [4.69, 9.17) is 4.74 Å². The number of urea groups is 1. The van der Waals surface area contributed by atoms with Crippen molar-refractivity contribution in [3.05, 3.63) is 42.0 Å². The van der Waals surface area contributed by atoms with Crippen LogP contribution in [0.25, 0.3) is 0 Å². The fraction of sp³-hybridized carbons (Fsp3) is 0.474. The average Bonchev–Trinajstić information content (AvgIpc) is 3.25. The molecule has 2 saturated heterocycles. The summed E-state index contributed by atoms with van der Waals surface area (Å²) in [6, 6.07) is 5.45. The van der Waals surface area contributed by atoms with Gasteiger partial charge < -0.3 is 19.9 Å². The van der Waals surface area contributed by atoms with Crippen LogP contribution in [-0.4, -0.2) is 58.7 Å². The van der Waals surface area contributed by atoms with Gasteiger partial charge in [0.05, 0.1) is 30.7 Å². The standard InChI is InChI=1S/C19H24N6O2/c1-14-4-5-15(12-21-14)22-19(26)25-10-11-27-17(13-25)16-6-7-20-18(23-16)24-8-2-3-9-24/h4-7,12,17H,2-3,8-11,13H2,1H3,(H,22,26)/t17-/m1/s1. The summed E-state index contributed by atoms with van der Waals surface area (Å²) in [6.07, 6.45) is 5.55. The molecule has 8 heteroatoms. The Hall–Kier alpha value is -2.74. The number of morpholine rings is 1. The summed E-state index contributed by atoms with van der Waals surface area (Å²) in [5.74, 6) is 0.751. The van der Waals surface area contributed by atoms with Crippen LogP contribution in [0.2, 0.25) is 0 Å². The first-order chi connectivity index (χ1) is 13.2. The molecule has 0 aromatic carbocycles. The highest BCUT2D eigenvalue weighted by Crippen LogP contribution is 2.23. The zero-order valence-electron chi connectivity index (χ0n) is 15.5. The monoisotopic (exact) mass is 368 g/mol.